The maximum absolute atomic E-state index is 12.3. The van der Waals surface area contributed by atoms with Gasteiger partial charge in [0.2, 0.25) is 15.9 Å². The van der Waals surface area contributed by atoms with Gasteiger partial charge in [-0.25, -0.2) is 13.2 Å². The molecule has 0 atom stereocenters. The van der Waals surface area contributed by atoms with Gasteiger partial charge in [-0.15, -0.1) is 5.06 Å². The molecule has 0 aromatic rings. The van der Waals surface area contributed by atoms with Gasteiger partial charge in [0.05, 0.1) is 25.8 Å². The van der Waals surface area contributed by atoms with Crippen LogP contribution in [0.1, 0.15) is 32.1 Å². The number of hydrogen-bond acceptors (Lipinski definition) is 7. The van der Waals surface area contributed by atoms with Crippen LogP contribution in [-0.2, 0) is 34.0 Å². The van der Waals surface area contributed by atoms with E-state index in [0.717, 1.165) is 6.26 Å². The summed E-state index contributed by atoms with van der Waals surface area (Å²) in [4.78, 5) is 53.0. The summed E-state index contributed by atoms with van der Waals surface area (Å²) in [6, 6.07) is 0. The largest absolute Gasteiger partial charge is 0.333 e. The van der Waals surface area contributed by atoms with Crippen molar-refractivity contribution in [2.75, 3.05) is 32.4 Å². The van der Waals surface area contributed by atoms with E-state index in [4.69, 9.17) is 4.84 Å². The average molecular weight is 399 g/mol. The lowest BCUT2D eigenvalue weighted by molar-refractivity contribution is -0.197. The molecular formula is C16H21N3O7S. The van der Waals surface area contributed by atoms with E-state index in [1.54, 1.807) is 0 Å². The first-order valence-corrected chi connectivity index (χ1v) is 10.3. The minimum atomic E-state index is -3.35. The van der Waals surface area contributed by atoms with Crippen molar-refractivity contribution < 1.29 is 32.4 Å². The number of imide groups is 1. The van der Waals surface area contributed by atoms with Crippen molar-refractivity contribution in [2.24, 2.45) is 0 Å². The Morgan fingerprint density at radius 1 is 1.04 bits per heavy atom. The first-order valence-electron chi connectivity index (χ1n) is 8.43. The molecule has 0 aliphatic carbocycles. The Labute approximate surface area is 157 Å². The monoisotopic (exact) mass is 399 g/mol. The first-order chi connectivity index (χ1) is 12.7. The van der Waals surface area contributed by atoms with Crippen LogP contribution in [0.15, 0.2) is 0 Å². The number of rotatable bonds is 5. The van der Waals surface area contributed by atoms with E-state index in [1.165, 1.54) is 9.21 Å². The minimum Gasteiger partial charge on any atom is -0.331 e. The molecule has 10 nitrogen and oxygen atoms in total. The van der Waals surface area contributed by atoms with Crippen molar-refractivity contribution in [1.82, 2.24) is 14.3 Å². The van der Waals surface area contributed by atoms with Gasteiger partial charge >= 0.3 is 5.97 Å². The quantitative estimate of drug-likeness (QED) is 0.424. The molecule has 11 heteroatoms. The van der Waals surface area contributed by atoms with Crippen LogP contribution >= 0.6 is 0 Å². The number of hydrogen-bond donors (Lipinski definition) is 0. The highest BCUT2D eigenvalue weighted by molar-refractivity contribution is 7.88. The van der Waals surface area contributed by atoms with Gasteiger partial charge in [-0.3, -0.25) is 14.4 Å². The summed E-state index contributed by atoms with van der Waals surface area (Å²) in [5.74, 6) is 3.14. The molecule has 1 saturated heterocycles. The number of hydroxylamine groups is 2. The summed E-state index contributed by atoms with van der Waals surface area (Å²) in [6.07, 6.45) is 1.10. The van der Waals surface area contributed by atoms with Crippen molar-refractivity contribution in [3.63, 3.8) is 0 Å². The Hall–Kier alpha value is -2.45. The molecule has 0 radical (unpaired) electrons. The van der Waals surface area contributed by atoms with E-state index >= 15 is 0 Å². The summed E-state index contributed by atoms with van der Waals surface area (Å²) >= 11 is 0. The third-order valence-corrected chi connectivity index (χ3v) is 5.30. The van der Waals surface area contributed by atoms with Gasteiger partial charge in [0.1, 0.15) is 0 Å². The summed E-state index contributed by atoms with van der Waals surface area (Å²) < 4.78 is 24.5. The van der Waals surface area contributed by atoms with Gasteiger partial charge in [-0.1, -0.05) is 11.8 Å². The number of carbonyl (C=O) groups is 4. The highest BCUT2D eigenvalue weighted by Crippen LogP contribution is 2.13. The van der Waals surface area contributed by atoms with Crippen LogP contribution in [0.4, 0.5) is 0 Å². The number of carbonyl (C=O) groups excluding carboxylic acids is 4. The van der Waals surface area contributed by atoms with Crippen LogP contribution in [0.3, 0.4) is 0 Å². The molecule has 2 rings (SSSR count). The molecule has 0 N–H and O–H groups in total. The topological polar surface area (TPSA) is 121 Å². The molecule has 1 fully saturated rings. The molecule has 0 aromatic heterocycles. The molecule has 2 aliphatic heterocycles. The van der Waals surface area contributed by atoms with Gasteiger partial charge in [-0.2, -0.15) is 4.31 Å². The maximum atomic E-state index is 12.3. The van der Waals surface area contributed by atoms with Crippen LogP contribution in [0, 0.1) is 11.8 Å². The highest BCUT2D eigenvalue weighted by Gasteiger charge is 2.33. The van der Waals surface area contributed by atoms with Crippen molar-refractivity contribution in [2.45, 2.75) is 32.1 Å². The van der Waals surface area contributed by atoms with Crippen LogP contribution in [0.25, 0.3) is 0 Å². The molecule has 0 aromatic carbocycles. The predicted molar refractivity (Wildman–Crippen MR) is 91.8 cm³/mol. The Morgan fingerprint density at radius 3 is 2.30 bits per heavy atom. The highest BCUT2D eigenvalue weighted by atomic mass is 32.2. The van der Waals surface area contributed by atoms with Gasteiger partial charge in [0.15, 0.2) is 0 Å². The van der Waals surface area contributed by atoms with E-state index < -0.39 is 27.8 Å². The van der Waals surface area contributed by atoms with Crippen molar-refractivity contribution in [1.29, 1.82) is 0 Å². The lowest BCUT2D eigenvalue weighted by Gasteiger charge is -2.21. The Balaban J connectivity index is 1.83. The summed E-state index contributed by atoms with van der Waals surface area (Å²) in [6.45, 7) is 0.760. The minimum absolute atomic E-state index is 0.00197. The van der Waals surface area contributed by atoms with Crippen molar-refractivity contribution in [3.8, 4) is 11.8 Å². The Morgan fingerprint density at radius 2 is 1.67 bits per heavy atom. The normalized spacial score (nSPS) is 19.0. The Kier molecular flexibility index (Phi) is 6.92. The molecular weight excluding hydrogens is 378 g/mol. The third kappa shape index (κ3) is 6.04. The van der Waals surface area contributed by atoms with Gasteiger partial charge in [0, 0.05) is 32.4 Å². The predicted octanol–water partition coefficient (Wildman–Crippen LogP) is -1.13. The number of sulfonamides is 1. The van der Waals surface area contributed by atoms with Crippen LogP contribution in [0.5, 0.6) is 0 Å². The number of amides is 3. The molecule has 0 spiro atoms. The molecule has 3 amide bonds. The van der Waals surface area contributed by atoms with Gasteiger partial charge < -0.3 is 9.74 Å². The second-order valence-corrected chi connectivity index (χ2v) is 8.15. The summed E-state index contributed by atoms with van der Waals surface area (Å²) in [5.41, 5.74) is 0. The Bertz CT molecular complexity index is 781. The average Bonchev–Trinajstić information content (AvgIpc) is 2.97. The zero-order valence-corrected chi connectivity index (χ0v) is 15.8. The standard InChI is InChI=1S/C16H21N3O7S/c1-27(24,25)18-11-3-2-9-17(10-4-12-18)13(20)7-8-16(23)26-19-14(21)5-6-15(19)22/h4-12H2,1H3. The smallest absolute Gasteiger partial charge is 0.331 e. The van der Waals surface area contributed by atoms with E-state index in [9.17, 15) is 27.6 Å². The molecule has 2 heterocycles. The third-order valence-electron chi connectivity index (χ3n) is 4.05. The fraction of sp³-hybridized carbons (Fsp3) is 0.625. The fourth-order valence-electron chi connectivity index (χ4n) is 2.56. The van der Waals surface area contributed by atoms with Crippen molar-refractivity contribution in [3.05, 3.63) is 0 Å². The van der Waals surface area contributed by atoms with E-state index in [2.05, 4.69) is 11.8 Å². The first kappa shape index (κ1) is 20.9. The van der Waals surface area contributed by atoms with E-state index in [0.29, 0.717) is 18.0 Å². The van der Waals surface area contributed by atoms with Gasteiger partial charge in [-0.05, 0) is 6.42 Å². The summed E-state index contributed by atoms with van der Waals surface area (Å²) in [7, 11) is -3.35. The SMILES string of the molecule is CS(=O)(=O)N1CC#CCN(C(=O)CCC(=O)ON2C(=O)CCC2=O)CCC1. The molecule has 0 bridgehead atoms. The fourth-order valence-corrected chi connectivity index (χ4v) is 3.32. The number of nitrogens with zero attached hydrogens (tertiary/aromatic N) is 3. The van der Waals surface area contributed by atoms with Crippen LogP contribution < -0.4 is 0 Å². The van der Waals surface area contributed by atoms with E-state index in [-0.39, 0.29) is 51.2 Å². The molecule has 2 aliphatic rings. The van der Waals surface area contributed by atoms with Gasteiger partial charge in [0.25, 0.3) is 11.8 Å². The molecule has 27 heavy (non-hydrogen) atoms. The molecule has 0 saturated carbocycles. The lowest BCUT2D eigenvalue weighted by Crippen LogP contribution is -2.36. The molecule has 0 unspecified atom stereocenters. The lowest BCUT2D eigenvalue weighted by atomic mass is 10.2. The second kappa shape index (κ2) is 8.96. The maximum Gasteiger partial charge on any atom is 0.333 e. The van der Waals surface area contributed by atoms with Crippen molar-refractivity contribution >= 4 is 33.7 Å². The van der Waals surface area contributed by atoms with Crippen LogP contribution in [-0.4, -0.2) is 78.8 Å². The summed E-state index contributed by atoms with van der Waals surface area (Å²) in [5, 5.41) is 0.443. The van der Waals surface area contributed by atoms with Crippen LogP contribution in [0.2, 0.25) is 0 Å². The zero-order chi connectivity index (χ0) is 20.0. The zero-order valence-electron chi connectivity index (χ0n) is 15.0. The van der Waals surface area contributed by atoms with E-state index in [1.807, 2.05) is 0 Å². The molecule has 148 valence electrons. The second-order valence-electron chi connectivity index (χ2n) is 6.16.